The highest BCUT2D eigenvalue weighted by atomic mass is 32.1. The minimum atomic E-state index is -0.460. The topological polar surface area (TPSA) is 84.2 Å². The summed E-state index contributed by atoms with van der Waals surface area (Å²) in [4.78, 5) is 25.5. The molecule has 0 spiro atoms. The van der Waals surface area contributed by atoms with Crippen LogP contribution in [0.25, 0.3) is 0 Å². The minimum absolute atomic E-state index is 0.0648. The molecule has 0 fully saturated rings. The Morgan fingerprint density at radius 2 is 2.04 bits per heavy atom. The Morgan fingerprint density at radius 3 is 2.73 bits per heavy atom. The first-order valence-corrected chi connectivity index (χ1v) is 9.80. The van der Waals surface area contributed by atoms with Crippen LogP contribution < -0.4 is 16.4 Å². The predicted molar refractivity (Wildman–Crippen MR) is 106 cm³/mol. The molecule has 0 bridgehead atoms. The number of fused-ring (bicyclic) bond motifs is 1. The lowest BCUT2D eigenvalue weighted by Gasteiger charge is -2.18. The van der Waals surface area contributed by atoms with E-state index in [4.69, 9.17) is 5.73 Å². The summed E-state index contributed by atoms with van der Waals surface area (Å²) in [6, 6.07) is 10.0. The number of amides is 2. The zero-order valence-electron chi connectivity index (χ0n) is 15.2. The highest BCUT2D eigenvalue weighted by molar-refractivity contribution is 7.17. The van der Waals surface area contributed by atoms with Crippen LogP contribution in [0.5, 0.6) is 0 Å². The molecular formula is C20H25N3O2S. The standard InChI is InChI=1S/C20H25N3O2S/c1-12-8-9-15-16(10-12)26-20(18(15)19(21)25)23-17(24)11-22-13(2)14-6-4-3-5-7-14/h3-7,12-13,22H,8-11H2,1-2H3,(H2,21,25)(H,23,24)/t12-,13+/m1/s1. The first kappa shape index (κ1) is 18.6. The summed E-state index contributed by atoms with van der Waals surface area (Å²) < 4.78 is 0. The summed E-state index contributed by atoms with van der Waals surface area (Å²) in [5.74, 6) is -0.0290. The van der Waals surface area contributed by atoms with Crippen molar-refractivity contribution in [3.8, 4) is 0 Å². The van der Waals surface area contributed by atoms with Gasteiger partial charge in [-0.25, -0.2) is 0 Å². The number of anilines is 1. The molecule has 5 nitrogen and oxygen atoms in total. The second kappa shape index (κ2) is 8.01. The van der Waals surface area contributed by atoms with E-state index in [0.29, 0.717) is 16.5 Å². The van der Waals surface area contributed by atoms with Crippen molar-refractivity contribution in [2.24, 2.45) is 11.7 Å². The first-order valence-electron chi connectivity index (χ1n) is 8.98. The normalized spacial score (nSPS) is 17.4. The van der Waals surface area contributed by atoms with Crippen LogP contribution in [0.3, 0.4) is 0 Å². The SMILES string of the molecule is C[C@@H]1CCc2c(sc(NC(=O)CN[C@@H](C)c3ccccc3)c2C(N)=O)C1. The van der Waals surface area contributed by atoms with E-state index in [-0.39, 0.29) is 18.5 Å². The Labute approximate surface area is 158 Å². The summed E-state index contributed by atoms with van der Waals surface area (Å²) in [6.45, 7) is 4.40. The van der Waals surface area contributed by atoms with Crippen molar-refractivity contribution in [1.29, 1.82) is 0 Å². The molecular weight excluding hydrogens is 346 g/mol. The number of rotatable bonds is 6. The monoisotopic (exact) mass is 371 g/mol. The van der Waals surface area contributed by atoms with Crippen molar-refractivity contribution < 1.29 is 9.59 Å². The molecule has 4 N–H and O–H groups in total. The van der Waals surface area contributed by atoms with E-state index < -0.39 is 5.91 Å². The van der Waals surface area contributed by atoms with Gasteiger partial charge >= 0.3 is 0 Å². The fraction of sp³-hybridized carbons (Fsp3) is 0.400. The Hall–Kier alpha value is -2.18. The van der Waals surface area contributed by atoms with Gasteiger partial charge in [0, 0.05) is 10.9 Å². The van der Waals surface area contributed by atoms with Crippen molar-refractivity contribution in [3.63, 3.8) is 0 Å². The van der Waals surface area contributed by atoms with Crippen molar-refractivity contribution in [2.75, 3.05) is 11.9 Å². The average molecular weight is 372 g/mol. The van der Waals surface area contributed by atoms with Gasteiger partial charge in [-0.15, -0.1) is 11.3 Å². The van der Waals surface area contributed by atoms with Crippen molar-refractivity contribution in [2.45, 2.75) is 39.2 Å². The van der Waals surface area contributed by atoms with Gasteiger partial charge in [0.25, 0.3) is 5.91 Å². The van der Waals surface area contributed by atoms with Gasteiger partial charge in [-0.3, -0.25) is 9.59 Å². The smallest absolute Gasteiger partial charge is 0.251 e. The molecule has 1 heterocycles. The van der Waals surface area contributed by atoms with Crippen LogP contribution in [0.1, 0.15) is 52.7 Å². The van der Waals surface area contributed by atoms with E-state index in [2.05, 4.69) is 17.6 Å². The maximum Gasteiger partial charge on any atom is 0.251 e. The lowest BCUT2D eigenvalue weighted by atomic mass is 9.88. The Bertz CT molecular complexity index is 801. The molecule has 1 aliphatic rings. The van der Waals surface area contributed by atoms with Crippen molar-refractivity contribution in [1.82, 2.24) is 5.32 Å². The molecule has 0 unspecified atom stereocenters. The second-order valence-electron chi connectivity index (χ2n) is 6.98. The number of hydrogen-bond acceptors (Lipinski definition) is 4. The number of nitrogens with two attached hydrogens (primary N) is 1. The van der Waals surface area contributed by atoms with Gasteiger partial charge in [-0.05, 0) is 43.2 Å². The molecule has 3 rings (SSSR count). The molecule has 26 heavy (non-hydrogen) atoms. The van der Waals surface area contributed by atoms with E-state index in [1.54, 1.807) is 0 Å². The Kier molecular flexibility index (Phi) is 5.74. The van der Waals surface area contributed by atoms with Crippen molar-refractivity contribution in [3.05, 3.63) is 51.9 Å². The lowest BCUT2D eigenvalue weighted by Crippen LogP contribution is -2.30. The summed E-state index contributed by atoms with van der Waals surface area (Å²) in [5, 5.41) is 6.69. The number of carbonyl (C=O) groups is 2. The third-order valence-corrected chi connectivity index (χ3v) is 6.05. The third kappa shape index (κ3) is 4.14. The molecule has 6 heteroatoms. The highest BCUT2D eigenvalue weighted by Gasteiger charge is 2.27. The maximum atomic E-state index is 12.4. The molecule has 2 aromatic rings. The number of primary amides is 1. The molecule has 138 valence electrons. The molecule has 1 aromatic carbocycles. The summed E-state index contributed by atoms with van der Waals surface area (Å²) >= 11 is 1.49. The van der Waals surface area contributed by atoms with Crippen LogP contribution in [-0.4, -0.2) is 18.4 Å². The van der Waals surface area contributed by atoms with Gasteiger partial charge < -0.3 is 16.4 Å². The second-order valence-corrected chi connectivity index (χ2v) is 8.09. The van der Waals surface area contributed by atoms with Crippen LogP contribution in [-0.2, 0) is 17.6 Å². The number of thiophene rings is 1. The zero-order valence-corrected chi connectivity index (χ0v) is 16.0. The van der Waals surface area contributed by atoms with Gasteiger partial charge in [0.1, 0.15) is 5.00 Å². The van der Waals surface area contributed by atoms with Gasteiger partial charge in [0.2, 0.25) is 5.91 Å². The molecule has 0 saturated carbocycles. The van der Waals surface area contributed by atoms with Crippen LogP contribution in [0.15, 0.2) is 30.3 Å². The quantitative estimate of drug-likeness (QED) is 0.729. The fourth-order valence-corrected chi connectivity index (χ4v) is 4.81. The lowest BCUT2D eigenvalue weighted by molar-refractivity contribution is -0.115. The fourth-order valence-electron chi connectivity index (χ4n) is 3.38. The summed E-state index contributed by atoms with van der Waals surface area (Å²) in [6.07, 6.45) is 2.84. The van der Waals surface area contributed by atoms with E-state index in [9.17, 15) is 9.59 Å². The molecule has 2 amide bonds. The van der Waals surface area contributed by atoms with Crippen LogP contribution in [0.2, 0.25) is 0 Å². The molecule has 2 atom stereocenters. The Morgan fingerprint density at radius 1 is 1.31 bits per heavy atom. The zero-order chi connectivity index (χ0) is 18.7. The highest BCUT2D eigenvalue weighted by Crippen LogP contribution is 2.39. The summed E-state index contributed by atoms with van der Waals surface area (Å²) in [7, 11) is 0. The third-order valence-electron chi connectivity index (χ3n) is 4.88. The molecule has 0 saturated heterocycles. The molecule has 1 aliphatic carbocycles. The average Bonchev–Trinajstić information content (AvgIpc) is 2.97. The van der Waals surface area contributed by atoms with E-state index >= 15 is 0 Å². The van der Waals surface area contributed by atoms with Crippen LogP contribution >= 0.6 is 11.3 Å². The molecule has 0 radical (unpaired) electrons. The van der Waals surface area contributed by atoms with Gasteiger partial charge in [-0.2, -0.15) is 0 Å². The maximum absolute atomic E-state index is 12.4. The van der Waals surface area contributed by atoms with Crippen LogP contribution in [0, 0.1) is 5.92 Å². The predicted octanol–water partition coefficient (Wildman–Crippen LogP) is 3.26. The van der Waals surface area contributed by atoms with E-state index in [1.165, 1.54) is 16.2 Å². The Balaban J connectivity index is 1.67. The van der Waals surface area contributed by atoms with Gasteiger partial charge in [0.05, 0.1) is 12.1 Å². The van der Waals surface area contributed by atoms with Crippen molar-refractivity contribution >= 4 is 28.2 Å². The van der Waals surface area contributed by atoms with Gasteiger partial charge in [-0.1, -0.05) is 37.3 Å². The van der Waals surface area contributed by atoms with E-state index in [0.717, 1.165) is 30.4 Å². The largest absolute Gasteiger partial charge is 0.365 e. The number of benzene rings is 1. The van der Waals surface area contributed by atoms with Crippen LogP contribution in [0.4, 0.5) is 5.00 Å². The van der Waals surface area contributed by atoms with E-state index in [1.807, 2.05) is 37.3 Å². The number of carbonyl (C=O) groups excluding carboxylic acids is 2. The number of nitrogens with one attached hydrogen (secondary N) is 2. The summed E-state index contributed by atoms with van der Waals surface area (Å²) in [5.41, 5.74) is 8.25. The minimum Gasteiger partial charge on any atom is -0.365 e. The molecule has 1 aromatic heterocycles. The first-order chi connectivity index (χ1) is 12.5. The van der Waals surface area contributed by atoms with Gasteiger partial charge in [0.15, 0.2) is 0 Å². The number of hydrogen-bond donors (Lipinski definition) is 3. The molecule has 0 aliphatic heterocycles.